The van der Waals surface area contributed by atoms with Crippen molar-refractivity contribution in [2.75, 3.05) is 27.2 Å². The number of hydrogen-bond donors (Lipinski definition) is 0. The van der Waals surface area contributed by atoms with Crippen molar-refractivity contribution < 1.29 is 4.74 Å². The molecule has 0 spiro atoms. The van der Waals surface area contributed by atoms with Gasteiger partial charge >= 0.3 is 0 Å². The highest BCUT2D eigenvalue weighted by atomic mass is 35.5. The number of aryl methyl sites for hydroxylation is 1. The molecule has 2 aromatic rings. The van der Waals surface area contributed by atoms with Crippen LogP contribution in [0, 0.1) is 0 Å². The maximum absolute atomic E-state index is 6.19. The third-order valence-corrected chi connectivity index (χ3v) is 3.11. The van der Waals surface area contributed by atoms with Gasteiger partial charge < -0.3 is 9.64 Å². The SMILES string of the molecule is CN(C)CCOc1ccccc1-c1c(Cl)cnn1C. The summed E-state index contributed by atoms with van der Waals surface area (Å²) in [5.41, 5.74) is 1.84. The van der Waals surface area contributed by atoms with E-state index in [4.69, 9.17) is 16.3 Å². The second-order valence-electron chi connectivity index (χ2n) is 4.61. The van der Waals surface area contributed by atoms with Crippen molar-refractivity contribution in [3.8, 4) is 17.0 Å². The average molecular weight is 280 g/mol. The van der Waals surface area contributed by atoms with Gasteiger partial charge in [-0.15, -0.1) is 0 Å². The number of nitrogens with zero attached hydrogens (tertiary/aromatic N) is 3. The summed E-state index contributed by atoms with van der Waals surface area (Å²) in [6.07, 6.45) is 1.65. The molecule has 0 unspecified atom stereocenters. The predicted molar refractivity (Wildman–Crippen MR) is 77.7 cm³/mol. The molecule has 1 aromatic carbocycles. The predicted octanol–water partition coefficient (Wildman–Crippen LogP) is 2.68. The van der Waals surface area contributed by atoms with E-state index in [1.807, 2.05) is 45.4 Å². The number of ether oxygens (including phenoxy) is 1. The van der Waals surface area contributed by atoms with Gasteiger partial charge in [0.1, 0.15) is 12.4 Å². The first-order chi connectivity index (χ1) is 9.09. The van der Waals surface area contributed by atoms with Crippen LogP contribution >= 0.6 is 11.6 Å². The highest BCUT2D eigenvalue weighted by molar-refractivity contribution is 6.33. The number of hydrogen-bond acceptors (Lipinski definition) is 3. The summed E-state index contributed by atoms with van der Waals surface area (Å²) in [5.74, 6) is 0.829. The van der Waals surface area contributed by atoms with Crippen LogP contribution in [0.25, 0.3) is 11.3 Å². The Morgan fingerprint density at radius 1 is 1.32 bits per heavy atom. The molecule has 1 aromatic heterocycles. The van der Waals surface area contributed by atoms with Crippen LogP contribution in [-0.4, -0.2) is 41.9 Å². The van der Waals surface area contributed by atoms with Gasteiger partial charge in [-0.25, -0.2) is 0 Å². The Hall–Kier alpha value is -1.52. The maximum Gasteiger partial charge on any atom is 0.128 e. The first kappa shape index (κ1) is 13.9. The van der Waals surface area contributed by atoms with Crippen molar-refractivity contribution in [2.24, 2.45) is 7.05 Å². The van der Waals surface area contributed by atoms with E-state index < -0.39 is 0 Å². The molecule has 0 N–H and O–H groups in total. The molecule has 0 saturated carbocycles. The molecule has 1 heterocycles. The van der Waals surface area contributed by atoms with Gasteiger partial charge in [-0.2, -0.15) is 5.10 Å². The molecule has 0 radical (unpaired) electrons. The first-order valence-electron chi connectivity index (χ1n) is 6.14. The maximum atomic E-state index is 6.19. The van der Waals surface area contributed by atoms with E-state index in [2.05, 4.69) is 10.00 Å². The van der Waals surface area contributed by atoms with Gasteiger partial charge in [0.05, 0.1) is 16.9 Å². The van der Waals surface area contributed by atoms with E-state index in [0.717, 1.165) is 23.6 Å². The van der Waals surface area contributed by atoms with Gasteiger partial charge in [0.2, 0.25) is 0 Å². The lowest BCUT2D eigenvalue weighted by molar-refractivity contribution is 0.262. The molecule has 4 nitrogen and oxygen atoms in total. The van der Waals surface area contributed by atoms with Gasteiger partial charge in [0.25, 0.3) is 0 Å². The zero-order chi connectivity index (χ0) is 13.8. The van der Waals surface area contributed by atoms with Crippen molar-refractivity contribution in [1.29, 1.82) is 0 Å². The van der Waals surface area contributed by atoms with E-state index in [0.29, 0.717) is 11.6 Å². The minimum absolute atomic E-state index is 0.631. The molecule has 19 heavy (non-hydrogen) atoms. The summed E-state index contributed by atoms with van der Waals surface area (Å²) in [6, 6.07) is 7.87. The van der Waals surface area contributed by atoms with Crippen LogP contribution in [0.15, 0.2) is 30.5 Å². The zero-order valence-corrected chi connectivity index (χ0v) is 12.2. The largest absolute Gasteiger partial charge is 0.492 e. The molecule has 0 amide bonds. The van der Waals surface area contributed by atoms with E-state index in [9.17, 15) is 0 Å². The van der Waals surface area contributed by atoms with Gasteiger partial charge in [-0.05, 0) is 26.2 Å². The summed E-state index contributed by atoms with van der Waals surface area (Å²) in [5, 5.41) is 4.79. The lowest BCUT2D eigenvalue weighted by atomic mass is 10.1. The number of aromatic nitrogens is 2. The molecule has 0 atom stereocenters. The molecule has 0 saturated heterocycles. The van der Waals surface area contributed by atoms with Gasteiger partial charge in [0, 0.05) is 19.2 Å². The number of halogens is 1. The van der Waals surface area contributed by atoms with Crippen LogP contribution in [0.2, 0.25) is 5.02 Å². The lowest BCUT2D eigenvalue weighted by Gasteiger charge is -2.14. The monoisotopic (exact) mass is 279 g/mol. The molecule has 5 heteroatoms. The number of benzene rings is 1. The minimum atomic E-state index is 0.631. The fourth-order valence-corrected chi connectivity index (χ4v) is 2.11. The fraction of sp³-hybridized carbons (Fsp3) is 0.357. The molecular formula is C14H18ClN3O. The van der Waals surface area contributed by atoms with Gasteiger partial charge in [-0.3, -0.25) is 4.68 Å². The van der Waals surface area contributed by atoms with Crippen molar-refractivity contribution in [3.63, 3.8) is 0 Å². The van der Waals surface area contributed by atoms with E-state index in [1.165, 1.54) is 0 Å². The third-order valence-electron chi connectivity index (χ3n) is 2.83. The highest BCUT2D eigenvalue weighted by Gasteiger charge is 2.13. The van der Waals surface area contributed by atoms with Gasteiger partial charge in [0.15, 0.2) is 0 Å². The molecule has 0 aliphatic carbocycles. The summed E-state index contributed by atoms with van der Waals surface area (Å²) < 4.78 is 7.60. The van der Waals surface area contributed by atoms with Crippen LogP contribution in [-0.2, 0) is 7.05 Å². The molecule has 0 aliphatic heterocycles. The normalized spacial score (nSPS) is 11.0. The summed E-state index contributed by atoms with van der Waals surface area (Å²) in [7, 11) is 5.91. The fourth-order valence-electron chi connectivity index (χ4n) is 1.84. The topological polar surface area (TPSA) is 30.3 Å². The lowest BCUT2D eigenvalue weighted by Crippen LogP contribution is -2.19. The average Bonchev–Trinajstić information content (AvgIpc) is 2.69. The molecule has 0 fully saturated rings. The Bertz CT molecular complexity index is 532. The summed E-state index contributed by atoms with van der Waals surface area (Å²) in [4.78, 5) is 2.08. The quantitative estimate of drug-likeness (QED) is 0.843. The van der Waals surface area contributed by atoms with E-state index in [1.54, 1.807) is 10.9 Å². The van der Waals surface area contributed by atoms with Crippen LogP contribution in [0.5, 0.6) is 5.75 Å². The van der Waals surface area contributed by atoms with E-state index >= 15 is 0 Å². The van der Waals surface area contributed by atoms with E-state index in [-0.39, 0.29) is 0 Å². The number of rotatable bonds is 5. The van der Waals surface area contributed by atoms with Crippen LogP contribution < -0.4 is 4.74 Å². The van der Waals surface area contributed by atoms with Crippen LogP contribution in [0.4, 0.5) is 0 Å². The van der Waals surface area contributed by atoms with Crippen LogP contribution in [0.1, 0.15) is 0 Å². The molecule has 0 aliphatic rings. The molecular weight excluding hydrogens is 262 g/mol. The Morgan fingerprint density at radius 3 is 2.68 bits per heavy atom. The Morgan fingerprint density at radius 2 is 2.05 bits per heavy atom. The molecule has 2 rings (SSSR count). The third kappa shape index (κ3) is 3.28. The number of likely N-dealkylation sites (N-methyl/N-ethyl adjacent to an activating group) is 1. The zero-order valence-electron chi connectivity index (χ0n) is 11.4. The Labute approximate surface area is 118 Å². The minimum Gasteiger partial charge on any atom is -0.492 e. The van der Waals surface area contributed by atoms with Crippen molar-refractivity contribution in [3.05, 3.63) is 35.5 Å². The van der Waals surface area contributed by atoms with Crippen molar-refractivity contribution >= 4 is 11.6 Å². The standard InChI is InChI=1S/C14H18ClN3O/c1-17(2)8-9-19-13-7-5-4-6-11(13)14-12(15)10-16-18(14)3/h4-7,10H,8-9H2,1-3H3. The first-order valence-corrected chi connectivity index (χ1v) is 6.52. The smallest absolute Gasteiger partial charge is 0.128 e. The van der Waals surface area contributed by atoms with Crippen LogP contribution in [0.3, 0.4) is 0 Å². The molecule has 102 valence electrons. The van der Waals surface area contributed by atoms with Gasteiger partial charge in [-0.1, -0.05) is 23.7 Å². The van der Waals surface area contributed by atoms with Crippen molar-refractivity contribution in [1.82, 2.24) is 14.7 Å². The Kier molecular flexibility index (Phi) is 4.45. The highest BCUT2D eigenvalue weighted by Crippen LogP contribution is 2.34. The molecule has 0 bridgehead atoms. The second kappa shape index (κ2) is 6.08. The number of para-hydroxylation sites is 1. The summed E-state index contributed by atoms with van der Waals surface area (Å²) in [6.45, 7) is 1.51. The second-order valence-corrected chi connectivity index (χ2v) is 5.02. The Balaban J connectivity index is 2.26. The van der Waals surface area contributed by atoms with Crippen molar-refractivity contribution in [2.45, 2.75) is 0 Å². The summed E-state index contributed by atoms with van der Waals surface area (Å²) >= 11 is 6.19.